The third-order valence-corrected chi connectivity index (χ3v) is 5.58. The molecule has 0 aromatic carbocycles. The minimum Gasteiger partial charge on any atom is -0.472 e. The molecule has 0 saturated heterocycles. The molecule has 6 aromatic heterocycles. The SMILES string of the molecule is CC(C)Nc1cncc(-c2cnc3n[nH]c(-c4cc5c(-c6ccoc6)cncc5[nH]4)c3c2)c1. The Hall–Kier alpha value is -4.46. The molecule has 0 atom stereocenters. The van der Waals surface area contributed by atoms with Crippen LogP contribution in [0.1, 0.15) is 13.8 Å². The fourth-order valence-electron chi connectivity index (χ4n) is 4.11. The van der Waals surface area contributed by atoms with Crippen LogP contribution in [0.25, 0.3) is 55.6 Å². The first-order valence-corrected chi connectivity index (χ1v) is 10.7. The summed E-state index contributed by atoms with van der Waals surface area (Å²) in [6.45, 7) is 4.21. The molecular weight excluding hydrogens is 414 g/mol. The molecule has 6 rings (SSSR count). The average molecular weight is 435 g/mol. The van der Waals surface area contributed by atoms with E-state index in [0.717, 1.165) is 55.6 Å². The van der Waals surface area contributed by atoms with E-state index in [0.29, 0.717) is 11.7 Å². The Morgan fingerprint density at radius 2 is 1.79 bits per heavy atom. The number of fused-ring (bicyclic) bond motifs is 2. The molecule has 0 radical (unpaired) electrons. The summed E-state index contributed by atoms with van der Waals surface area (Å²) in [6.07, 6.45) is 12.6. The lowest BCUT2D eigenvalue weighted by atomic mass is 10.1. The highest BCUT2D eigenvalue weighted by molar-refractivity contribution is 6.00. The van der Waals surface area contributed by atoms with Crippen LogP contribution in [-0.4, -0.2) is 36.2 Å². The van der Waals surface area contributed by atoms with Crippen molar-refractivity contribution in [1.82, 2.24) is 30.1 Å². The molecule has 162 valence electrons. The molecule has 8 heteroatoms. The zero-order chi connectivity index (χ0) is 22.4. The second-order valence-electron chi connectivity index (χ2n) is 8.30. The quantitative estimate of drug-likeness (QED) is 0.323. The van der Waals surface area contributed by atoms with Gasteiger partial charge in [-0.2, -0.15) is 5.10 Å². The normalized spacial score (nSPS) is 11.6. The van der Waals surface area contributed by atoms with E-state index in [9.17, 15) is 0 Å². The molecule has 0 unspecified atom stereocenters. The lowest BCUT2D eigenvalue weighted by Crippen LogP contribution is -2.09. The van der Waals surface area contributed by atoms with E-state index in [-0.39, 0.29) is 0 Å². The Labute approximate surface area is 189 Å². The first kappa shape index (κ1) is 19.2. The number of H-pyrrole nitrogens is 2. The summed E-state index contributed by atoms with van der Waals surface area (Å²) in [5.74, 6) is 0. The summed E-state index contributed by atoms with van der Waals surface area (Å²) in [5, 5.41) is 13.0. The first-order chi connectivity index (χ1) is 16.2. The molecule has 3 N–H and O–H groups in total. The second-order valence-corrected chi connectivity index (χ2v) is 8.30. The zero-order valence-corrected chi connectivity index (χ0v) is 18.1. The maximum Gasteiger partial charge on any atom is 0.181 e. The number of aromatic amines is 2. The number of aromatic nitrogens is 6. The van der Waals surface area contributed by atoms with E-state index in [1.807, 2.05) is 37.1 Å². The van der Waals surface area contributed by atoms with Gasteiger partial charge in [0.25, 0.3) is 0 Å². The zero-order valence-electron chi connectivity index (χ0n) is 18.1. The third-order valence-electron chi connectivity index (χ3n) is 5.58. The Morgan fingerprint density at radius 3 is 2.64 bits per heavy atom. The molecule has 6 heterocycles. The van der Waals surface area contributed by atoms with Gasteiger partial charge in [-0.3, -0.25) is 15.1 Å². The topological polar surface area (TPSA) is 108 Å². The van der Waals surface area contributed by atoms with Gasteiger partial charge in [0, 0.05) is 63.9 Å². The van der Waals surface area contributed by atoms with Crippen LogP contribution in [-0.2, 0) is 0 Å². The monoisotopic (exact) mass is 435 g/mol. The van der Waals surface area contributed by atoms with E-state index in [4.69, 9.17) is 4.42 Å². The van der Waals surface area contributed by atoms with E-state index in [2.05, 4.69) is 67.5 Å². The van der Waals surface area contributed by atoms with Crippen LogP contribution in [0.3, 0.4) is 0 Å². The van der Waals surface area contributed by atoms with Gasteiger partial charge in [-0.25, -0.2) is 4.98 Å². The number of nitrogens with one attached hydrogen (secondary N) is 3. The largest absolute Gasteiger partial charge is 0.472 e. The molecule has 0 spiro atoms. The fourth-order valence-corrected chi connectivity index (χ4v) is 4.11. The maximum atomic E-state index is 5.27. The highest BCUT2D eigenvalue weighted by Crippen LogP contribution is 2.34. The van der Waals surface area contributed by atoms with Gasteiger partial charge in [0.15, 0.2) is 5.65 Å². The van der Waals surface area contributed by atoms with Crippen molar-refractivity contribution in [3.05, 3.63) is 67.8 Å². The standard InChI is InChI=1S/C25H21N7O/c1-14(2)29-18-5-16(8-26-10-18)17-6-20-24(31-32-25(20)28-9-17)22-7-19-21(15-3-4-33-13-15)11-27-12-23(19)30-22/h3-14,29-30H,1-2H3,(H,28,31,32). The van der Waals surface area contributed by atoms with E-state index in [1.165, 1.54) is 0 Å². The molecule has 33 heavy (non-hydrogen) atoms. The predicted molar refractivity (Wildman–Crippen MR) is 129 cm³/mol. The number of nitrogens with zero attached hydrogens (tertiary/aromatic N) is 4. The molecule has 0 bridgehead atoms. The van der Waals surface area contributed by atoms with Crippen LogP contribution >= 0.6 is 0 Å². The van der Waals surface area contributed by atoms with Gasteiger partial charge < -0.3 is 14.7 Å². The number of pyridine rings is 3. The minimum absolute atomic E-state index is 0.326. The highest BCUT2D eigenvalue weighted by atomic mass is 16.3. The molecule has 0 aliphatic rings. The molecule has 8 nitrogen and oxygen atoms in total. The Bertz CT molecular complexity index is 1580. The maximum absolute atomic E-state index is 5.27. The van der Waals surface area contributed by atoms with Gasteiger partial charge in [-0.15, -0.1) is 0 Å². The van der Waals surface area contributed by atoms with E-state index >= 15 is 0 Å². The van der Waals surface area contributed by atoms with Crippen molar-refractivity contribution in [3.63, 3.8) is 0 Å². The summed E-state index contributed by atoms with van der Waals surface area (Å²) >= 11 is 0. The van der Waals surface area contributed by atoms with Crippen LogP contribution in [0.5, 0.6) is 0 Å². The van der Waals surface area contributed by atoms with Gasteiger partial charge >= 0.3 is 0 Å². The molecule has 0 amide bonds. The molecule has 6 aromatic rings. The third kappa shape index (κ3) is 3.41. The van der Waals surface area contributed by atoms with Gasteiger partial charge in [-0.1, -0.05) is 0 Å². The molecule has 0 fully saturated rings. The van der Waals surface area contributed by atoms with Crippen LogP contribution in [0.15, 0.2) is 72.2 Å². The predicted octanol–water partition coefficient (Wildman–Crippen LogP) is 5.64. The average Bonchev–Trinajstić information content (AvgIpc) is 3.57. The van der Waals surface area contributed by atoms with Crippen LogP contribution < -0.4 is 5.32 Å². The van der Waals surface area contributed by atoms with Crippen molar-refractivity contribution in [1.29, 1.82) is 0 Å². The summed E-state index contributed by atoms with van der Waals surface area (Å²) < 4.78 is 5.27. The summed E-state index contributed by atoms with van der Waals surface area (Å²) in [4.78, 5) is 16.8. The number of anilines is 1. The van der Waals surface area contributed by atoms with Crippen molar-refractivity contribution in [2.24, 2.45) is 0 Å². The molecule has 0 aliphatic carbocycles. The summed E-state index contributed by atoms with van der Waals surface area (Å²) in [6, 6.07) is 8.54. The van der Waals surface area contributed by atoms with Crippen molar-refractivity contribution < 1.29 is 4.42 Å². The number of hydrogen-bond acceptors (Lipinski definition) is 6. The van der Waals surface area contributed by atoms with Crippen molar-refractivity contribution in [2.75, 3.05) is 5.32 Å². The minimum atomic E-state index is 0.326. The Morgan fingerprint density at radius 1 is 0.909 bits per heavy atom. The van der Waals surface area contributed by atoms with E-state index < -0.39 is 0 Å². The van der Waals surface area contributed by atoms with Gasteiger partial charge in [0.05, 0.1) is 41.3 Å². The van der Waals surface area contributed by atoms with Gasteiger partial charge in [0.1, 0.15) is 0 Å². The fraction of sp³-hybridized carbons (Fsp3) is 0.120. The van der Waals surface area contributed by atoms with Gasteiger partial charge in [-0.05, 0) is 38.1 Å². The second kappa shape index (κ2) is 7.59. The number of rotatable bonds is 5. The van der Waals surface area contributed by atoms with Crippen molar-refractivity contribution in [3.8, 4) is 33.6 Å². The summed E-state index contributed by atoms with van der Waals surface area (Å²) in [7, 11) is 0. The van der Waals surface area contributed by atoms with Gasteiger partial charge in [0.2, 0.25) is 0 Å². The van der Waals surface area contributed by atoms with Crippen LogP contribution in [0.2, 0.25) is 0 Å². The van der Waals surface area contributed by atoms with E-state index in [1.54, 1.807) is 12.5 Å². The first-order valence-electron chi connectivity index (χ1n) is 10.7. The Kier molecular flexibility index (Phi) is 4.43. The van der Waals surface area contributed by atoms with Crippen molar-refractivity contribution >= 4 is 27.6 Å². The molecular formula is C25H21N7O. The molecule has 0 saturated carbocycles. The summed E-state index contributed by atoms with van der Waals surface area (Å²) in [5.41, 5.74) is 8.32. The lowest BCUT2D eigenvalue weighted by Gasteiger charge is -2.10. The van der Waals surface area contributed by atoms with Crippen LogP contribution in [0, 0.1) is 0 Å². The number of furan rings is 1. The lowest BCUT2D eigenvalue weighted by molar-refractivity contribution is 0.568. The highest BCUT2D eigenvalue weighted by Gasteiger charge is 2.15. The Balaban J connectivity index is 1.45. The number of hydrogen-bond donors (Lipinski definition) is 3. The van der Waals surface area contributed by atoms with Crippen molar-refractivity contribution in [2.45, 2.75) is 19.9 Å². The molecule has 0 aliphatic heterocycles. The smallest absolute Gasteiger partial charge is 0.181 e. The van der Waals surface area contributed by atoms with Crippen LogP contribution in [0.4, 0.5) is 5.69 Å².